The standard InChI is InChI=1S/C12H7ClN2/c13-10-5-3-9(4-6-10)11-2-1-7-15-12(11)8-14/h1-7H. The molecule has 0 aliphatic rings. The molecule has 72 valence electrons. The Balaban J connectivity index is 2.55. The Hall–Kier alpha value is -1.85. The van der Waals surface area contributed by atoms with E-state index >= 15 is 0 Å². The molecular formula is C12H7ClN2. The number of hydrogen-bond acceptors (Lipinski definition) is 2. The zero-order chi connectivity index (χ0) is 10.7. The molecule has 0 N–H and O–H groups in total. The van der Waals surface area contributed by atoms with E-state index in [1.54, 1.807) is 18.3 Å². The van der Waals surface area contributed by atoms with Crippen LogP contribution in [0.1, 0.15) is 5.69 Å². The molecule has 1 heterocycles. The van der Waals surface area contributed by atoms with Crippen molar-refractivity contribution in [3.05, 3.63) is 53.3 Å². The Bertz CT molecular complexity index is 512. The fourth-order valence-electron chi connectivity index (χ4n) is 1.36. The minimum Gasteiger partial charge on any atom is -0.245 e. The quantitative estimate of drug-likeness (QED) is 0.731. The zero-order valence-corrected chi connectivity index (χ0v) is 8.57. The van der Waals surface area contributed by atoms with E-state index in [1.165, 1.54) is 0 Å². The molecule has 2 aromatic rings. The molecule has 1 aromatic carbocycles. The summed E-state index contributed by atoms with van der Waals surface area (Å²) in [7, 11) is 0. The lowest BCUT2D eigenvalue weighted by atomic mass is 10.0. The molecule has 0 bridgehead atoms. The second-order valence-electron chi connectivity index (χ2n) is 3.02. The molecule has 0 spiro atoms. The van der Waals surface area contributed by atoms with Gasteiger partial charge in [0.15, 0.2) is 0 Å². The van der Waals surface area contributed by atoms with Gasteiger partial charge in [0.05, 0.1) is 0 Å². The van der Waals surface area contributed by atoms with Gasteiger partial charge in [-0.2, -0.15) is 5.26 Å². The minimum atomic E-state index is 0.430. The van der Waals surface area contributed by atoms with Gasteiger partial charge in [0.1, 0.15) is 11.8 Å². The molecular weight excluding hydrogens is 208 g/mol. The van der Waals surface area contributed by atoms with Crippen LogP contribution in [0.3, 0.4) is 0 Å². The number of hydrogen-bond donors (Lipinski definition) is 0. The first kappa shape index (κ1) is 9.70. The van der Waals surface area contributed by atoms with Crippen LogP contribution in [0, 0.1) is 11.3 Å². The molecule has 0 saturated heterocycles. The van der Waals surface area contributed by atoms with Crippen LogP contribution < -0.4 is 0 Å². The summed E-state index contributed by atoms with van der Waals surface area (Å²) < 4.78 is 0. The average molecular weight is 215 g/mol. The van der Waals surface area contributed by atoms with Crippen LogP contribution in [-0.2, 0) is 0 Å². The van der Waals surface area contributed by atoms with Crippen LogP contribution in [0.2, 0.25) is 5.02 Å². The number of rotatable bonds is 1. The number of nitriles is 1. The largest absolute Gasteiger partial charge is 0.245 e. The smallest absolute Gasteiger partial charge is 0.148 e. The topological polar surface area (TPSA) is 36.7 Å². The molecule has 3 heteroatoms. The molecule has 0 saturated carbocycles. The second kappa shape index (κ2) is 4.12. The normalized spacial score (nSPS) is 9.60. The van der Waals surface area contributed by atoms with Crippen LogP contribution in [-0.4, -0.2) is 4.98 Å². The highest BCUT2D eigenvalue weighted by Gasteiger charge is 2.04. The molecule has 0 aliphatic carbocycles. The number of halogens is 1. The van der Waals surface area contributed by atoms with Crippen LogP contribution in [0.15, 0.2) is 42.6 Å². The molecule has 15 heavy (non-hydrogen) atoms. The number of nitrogens with zero attached hydrogens (tertiary/aromatic N) is 2. The Morgan fingerprint density at radius 2 is 1.87 bits per heavy atom. The molecule has 0 atom stereocenters. The van der Waals surface area contributed by atoms with Gasteiger partial charge in [0.2, 0.25) is 0 Å². The van der Waals surface area contributed by atoms with E-state index in [9.17, 15) is 0 Å². The van der Waals surface area contributed by atoms with Crippen molar-refractivity contribution in [3.8, 4) is 17.2 Å². The first-order valence-electron chi connectivity index (χ1n) is 4.42. The number of benzene rings is 1. The Labute approximate surface area is 92.8 Å². The summed E-state index contributed by atoms with van der Waals surface area (Å²) in [6.07, 6.45) is 1.61. The van der Waals surface area contributed by atoms with Crippen LogP contribution in [0.25, 0.3) is 11.1 Å². The van der Waals surface area contributed by atoms with Crippen LogP contribution >= 0.6 is 11.6 Å². The molecule has 0 aliphatic heterocycles. The molecule has 0 radical (unpaired) electrons. The predicted octanol–water partition coefficient (Wildman–Crippen LogP) is 3.27. The van der Waals surface area contributed by atoms with E-state index in [1.807, 2.05) is 24.3 Å². The van der Waals surface area contributed by atoms with E-state index in [0.29, 0.717) is 10.7 Å². The van der Waals surface area contributed by atoms with Gasteiger partial charge < -0.3 is 0 Å². The summed E-state index contributed by atoms with van der Waals surface area (Å²) in [5, 5.41) is 9.58. The Kier molecular flexibility index (Phi) is 2.66. The van der Waals surface area contributed by atoms with Crippen molar-refractivity contribution < 1.29 is 0 Å². The van der Waals surface area contributed by atoms with Crippen LogP contribution in [0.5, 0.6) is 0 Å². The summed E-state index contributed by atoms with van der Waals surface area (Å²) in [6, 6.07) is 13.1. The molecule has 0 fully saturated rings. The predicted molar refractivity (Wildman–Crippen MR) is 59.4 cm³/mol. The van der Waals surface area contributed by atoms with Gasteiger partial charge in [-0.25, -0.2) is 4.98 Å². The fraction of sp³-hybridized carbons (Fsp3) is 0. The summed E-state index contributed by atoms with van der Waals surface area (Å²) in [6.45, 7) is 0. The van der Waals surface area contributed by atoms with E-state index < -0.39 is 0 Å². The van der Waals surface area contributed by atoms with Gasteiger partial charge >= 0.3 is 0 Å². The van der Waals surface area contributed by atoms with Gasteiger partial charge in [-0.3, -0.25) is 0 Å². The van der Waals surface area contributed by atoms with Crippen molar-refractivity contribution in [2.45, 2.75) is 0 Å². The lowest BCUT2D eigenvalue weighted by molar-refractivity contribution is 1.26. The third kappa shape index (κ3) is 1.98. The SMILES string of the molecule is N#Cc1ncccc1-c1ccc(Cl)cc1. The summed E-state index contributed by atoms with van der Waals surface area (Å²) >= 11 is 5.79. The highest BCUT2D eigenvalue weighted by Crippen LogP contribution is 2.23. The van der Waals surface area contributed by atoms with Crippen molar-refractivity contribution in [3.63, 3.8) is 0 Å². The maximum atomic E-state index is 8.90. The third-order valence-electron chi connectivity index (χ3n) is 2.07. The number of pyridine rings is 1. The lowest BCUT2D eigenvalue weighted by Gasteiger charge is -2.02. The third-order valence-corrected chi connectivity index (χ3v) is 2.32. The number of aromatic nitrogens is 1. The van der Waals surface area contributed by atoms with Gasteiger partial charge in [-0.05, 0) is 29.8 Å². The maximum absolute atomic E-state index is 8.90. The molecule has 2 rings (SSSR count). The average Bonchev–Trinajstić information content (AvgIpc) is 2.30. The van der Waals surface area contributed by atoms with Crippen molar-refractivity contribution in [1.29, 1.82) is 5.26 Å². The first-order valence-corrected chi connectivity index (χ1v) is 4.80. The van der Waals surface area contributed by atoms with Gasteiger partial charge in [0.25, 0.3) is 0 Å². The summed E-state index contributed by atoms with van der Waals surface area (Å²) in [5.74, 6) is 0. The Morgan fingerprint density at radius 3 is 2.53 bits per heavy atom. The fourth-order valence-corrected chi connectivity index (χ4v) is 1.48. The van der Waals surface area contributed by atoms with Crippen molar-refractivity contribution >= 4 is 11.6 Å². The molecule has 0 amide bonds. The Morgan fingerprint density at radius 1 is 1.13 bits per heavy atom. The van der Waals surface area contributed by atoms with Crippen molar-refractivity contribution in [2.24, 2.45) is 0 Å². The highest BCUT2D eigenvalue weighted by atomic mass is 35.5. The van der Waals surface area contributed by atoms with E-state index in [4.69, 9.17) is 16.9 Å². The summed E-state index contributed by atoms with van der Waals surface area (Å²) in [5.41, 5.74) is 2.21. The summed E-state index contributed by atoms with van der Waals surface area (Å²) in [4.78, 5) is 4.00. The van der Waals surface area contributed by atoms with Gasteiger partial charge in [-0.1, -0.05) is 23.7 Å². The lowest BCUT2D eigenvalue weighted by Crippen LogP contribution is -1.87. The van der Waals surface area contributed by atoms with Crippen molar-refractivity contribution in [1.82, 2.24) is 4.98 Å². The highest BCUT2D eigenvalue weighted by molar-refractivity contribution is 6.30. The minimum absolute atomic E-state index is 0.430. The monoisotopic (exact) mass is 214 g/mol. The molecule has 1 aromatic heterocycles. The molecule has 0 unspecified atom stereocenters. The second-order valence-corrected chi connectivity index (χ2v) is 3.45. The van der Waals surface area contributed by atoms with E-state index in [2.05, 4.69) is 11.1 Å². The van der Waals surface area contributed by atoms with E-state index in [0.717, 1.165) is 11.1 Å². The maximum Gasteiger partial charge on any atom is 0.148 e. The molecule has 2 nitrogen and oxygen atoms in total. The van der Waals surface area contributed by atoms with Gasteiger partial charge in [0, 0.05) is 16.8 Å². The van der Waals surface area contributed by atoms with Gasteiger partial charge in [-0.15, -0.1) is 0 Å². The van der Waals surface area contributed by atoms with E-state index in [-0.39, 0.29) is 0 Å². The van der Waals surface area contributed by atoms with Crippen LogP contribution in [0.4, 0.5) is 0 Å². The zero-order valence-electron chi connectivity index (χ0n) is 7.81. The first-order chi connectivity index (χ1) is 7.31. The van der Waals surface area contributed by atoms with Crippen molar-refractivity contribution in [2.75, 3.05) is 0 Å².